The number of likely N-dealkylation sites (N-methyl/N-ethyl adjacent to an activating group) is 1. The van der Waals surface area contributed by atoms with Gasteiger partial charge in [0.2, 0.25) is 0 Å². The summed E-state index contributed by atoms with van der Waals surface area (Å²) in [4.78, 5) is 20.9. The molecule has 0 radical (unpaired) electrons. The van der Waals surface area contributed by atoms with Crippen LogP contribution >= 0.6 is 0 Å². The van der Waals surface area contributed by atoms with E-state index in [1.807, 2.05) is 32.8 Å². The van der Waals surface area contributed by atoms with Gasteiger partial charge in [-0.3, -0.25) is 9.78 Å². The molecule has 0 unspecified atom stereocenters. The van der Waals surface area contributed by atoms with E-state index in [9.17, 15) is 4.79 Å². The van der Waals surface area contributed by atoms with Crippen molar-refractivity contribution in [1.82, 2.24) is 14.9 Å². The van der Waals surface area contributed by atoms with E-state index >= 15 is 0 Å². The number of ether oxygens (including phenoxy) is 1. The Balaban J connectivity index is 2.29. The van der Waals surface area contributed by atoms with Gasteiger partial charge in [0.05, 0.1) is 10.9 Å². The smallest absolute Gasteiger partial charge is 0.297 e. The molecule has 0 atom stereocenters. The number of anilines is 1. The normalized spacial score (nSPS) is 12.1. The molecule has 0 amide bonds. The zero-order valence-electron chi connectivity index (χ0n) is 12.2. The van der Waals surface area contributed by atoms with Crippen molar-refractivity contribution in [2.75, 3.05) is 26.4 Å². The van der Waals surface area contributed by atoms with Gasteiger partial charge in [0.1, 0.15) is 6.61 Å². The molecule has 1 aromatic carbocycles. The third kappa shape index (κ3) is 2.91. The van der Waals surface area contributed by atoms with Crippen LogP contribution in [0, 0.1) is 0 Å². The van der Waals surface area contributed by atoms with Crippen molar-refractivity contribution < 1.29 is 4.74 Å². The monoisotopic (exact) mass is 276 g/mol. The second kappa shape index (κ2) is 5.13. The van der Waals surface area contributed by atoms with Crippen molar-refractivity contribution in [2.45, 2.75) is 19.4 Å². The molecule has 0 aliphatic heterocycles. The lowest BCUT2D eigenvalue weighted by molar-refractivity contribution is 0.108. The second-order valence-electron chi connectivity index (χ2n) is 5.64. The van der Waals surface area contributed by atoms with Gasteiger partial charge in [-0.1, -0.05) is 0 Å². The third-order valence-electron chi connectivity index (χ3n) is 3.48. The van der Waals surface area contributed by atoms with Crippen LogP contribution in [0.3, 0.4) is 0 Å². The van der Waals surface area contributed by atoms with Crippen LogP contribution in [0.15, 0.2) is 23.0 Å². The maximum Gasteiger partial charge on any atom is 0.297 e. The van der Waals surface area contributed by atoms with Gasteiger partial charge in [-0.15, -0.1) is 0 Å². The van der Waals surface area contributed by atoms with E-state index in [1.54, 1.807) is 18.2 Å². The third-order valence-corrected chi connectivity index (χ3v) is 3.48. The highest BCUT2D eigenvalue weighted by Gasteiger charge is 2.21. The average Bonchev–Trinajstić information content (AvgIpc) is 2.37. The van der Waals surface area contributed by atoms with E-state index in [0.29, 0.717) is 23.2 Å². The van der Waals surface area contributed by atoms with Crippen molar-refractivity contribution in [2.24, 2.45) is 0 Å². The summed E-state index contributed by atoms with van der Waals surface area (Å²) >= 11 is 0. The van der Waals surface area contributed by atoms with Gasteiger partial charge >= 0.3 is 0 Å². The molecule has 6 heteroatoms. The molecule has 0 spiro atoms. The fraction of sp³-hybridized carbons (Fsp3) is 0.429. The molecule has 1 heterocycles. The minimum Gasteiger partial charge on any atom is -0.463 e. The predicted octanol–water partition coefficient (Wildman–Crippen LogP) is 1.22. The number of nitrogens with zero attached hydrogens (tertiary/aromatic N) is 2. The first-order valence-electron chi connectivity index (χ1n) is 6.39. The standard InChI is InChI=1S/C14H20N4O2/c1-14(2,18(3)4)8-20-13-16-11-6-5-9(15)7-10(11)12(19)17-13/h5-7H,8,15H2,1-4H3,(H,16,17,19). The maximum absolute atomic E-state index is 12.0. The molecule has 0 saturated carbocycles. The SMILES string of the molecule is CN(C)C(C)(C)COc1nc2ccc(N)cc2c(=O)[nH]1. The number of H-pyrrole nitrogens is 1. The van der Waals surface area contributed by atoms with Crippen LogP contribution in [-0.4, -0.2) is 41.1 Å². The zero-order chi connectivity index (χ0) is 14.9. The van der Waals surface area contributed by atoms with Gasteiger partial charge in [-0.05, 0) is 46.1 Å². The molecule has 3 N–H and O–H groups in total. The van der Waals surface area contributed by atoms with Crippen LogP contribution < -0.4 is 16.0 Å². The van der Waals surface area contributed by atoms with E-state index in [2.05, 4.69) is 9.97 Å². The van der Waals surface area contributed by atoms with Gasteiger partial charge in [0, 0.05) is 11.2 Å². The number of hydrogen-bond donors (Lipinski definition) is 2. The molecule has 0 aliphatic carbocycles. The summed E-state index contributed by atoms with van der Waals surface area (Å²) < 4.78 is 5.61. The van der Waals surface area contributed by atoms with Crippen molar-refractivity contribution in [3.8, 4) is 6.01 Å². The quantitative estimate of drug-likeness (QED) is 0.820. The van der Waals surface area contributed by atoms with Crippen molar-refractivity contribution in [3.05, 3.63) is 28.6 Å². The van der Waals surface area contributed by atoms with Crippen LogP contribution in [0.25, 0.3) is 10.9 Å². The van der Waals surface area contributed by atoms with Crippen LogP contribution in [0.4, 0.5) is 5.69 Å². The van der Waals surface area contributed by atoms with E-state index in [-0.39, 0.29) is 17.1 Å². The first-order chi connectivity index (χ1) is 9.29. The van der Waals surface area contributed by atoms with E-state index < -0.39 is 0 Å². The van der Waals surface area contributed by atoms with Gasteiger partial charge in [0.25, 0.3) is 11.6 Å². The van der Waals surface area contributed by atoms with Gasteiger partial charge in [-0.25, -0.2) is 0 Å². The lowest BCUT2D eigenvalue weighted by atomic mass is 10.1. The Morgan fingerprint density at radius 3 is 2.75 bits per heavy atom. The summed E-state index contributed by atoms with van der Waals surface area (Å²) in [7, 11) is 3.95. The average molecular weight is 276 g/mol. The Hall–Kier alpha value is -2.08. The highest BCUT2D eigenvalue weighted by atomic mass is 16.5. The van der Waals surface area contributed by atoms with Gasteiger partial charge < -0.3 is 15.4 Å². The number of nitrogen functional groups attached to an aromatic ring is 1. The maximum atomic E-state index is 12.0. The largest absolute Gasteiger partial charge is 0.463 e. The van der Waals surface area contributed by atoms with Crippen molar-refractivity contribution in [1.29, 1.82) is 0 Å². The summed E-state index contributed by atoms with van der Waals surface area (Å²) in [6, 6.07) is 5.25. The lowest BCUT2D eigenvalue weighted by Gasteiger charge is -2.31. The predicted molar refractivity (Wildman–Crippen MR) is 80.0 cm³/mol. The molecule has 2 aromatic rings. The molecule has 0 fully saturated rings. The number of aromatic nitrogens is 2. The molecule has 0 saturated heterocycles. The molecule has 0 bridgehead atoms. The summed E-state index contributed by atoms with van der Waals surface area (Å²) in [5.41, 5.74) is 6.36. The van der Waals surface area contributed by atoms with Crippen LogP contribution in [0.5, 0.6) is 6.01 Å². The highest BCUT2D eigenvalue weighted by molar-refractivity contribution is 5.81. The molecule has 108 valence electrons. The summed E-state index contributed by atoms with van der Waals surface area (Å²) in [6.07, 6.45) is 0. The Morgan fingerprint density at radius 1 is 1.40 bits per heavy atom. The minimum atomic E-state index is -0.250. The number of nitrogens with two attached hydrogens (primary N) is 1. The zero-order valence-corrected chi connectivity index (χ0v) is 12.2. The number of rotatable bonds is 4. The van der Waals surface area contributed by atoms with Crippen molar-refractivity contribution in [3.63, 3.8) is 0 Å². The first kappa shape index (κ1) is 14.3. The summed E-state index contributed by atoms with van der Waals surface area (Å²) in [5, 5.41) is 0.462. The summed E-state index contributed by atoms with van der Waals surface area (Å²) in [5.74, 6) is 0. The fourth-order valence-electron chi connectivity index (χ4n) is 1.58. The molecule has 1 aromatic heterocycles. The number of nitrogens with one attached hydrogen (secondary N) is 1. The van der Waals surface area contributed by atoms with Crippen LogP contribution in [0.2, 0.25) is 0 Å². The second-order valence-corrected chi connectivity index (χ2v) is 5.64. The van der Waals surface area contributed by atoms with Gasteiger partial charge in [0.15, 0.2) is 0 Å². The van der Waals surface area contributed by atoms with Gasteiger partial charge in [-0.2, -0.15) is 4.98 Å². The van der Waals surface area contributed by atoms with Crippen molar-refractivity contribution >= 4 is 16.6 Å². The number of benzene rings is 1. The van der Waals surface area contributed by atoms with E-state index in [4.69, 9.17) is 10.5 Å². The molecule has 6 nitrogen and oxygen atoms in total. The number of fused-ring (bicyclic) bond motifs is 1. The Bertz CT molecular complexity index is 676. The molecule has 0 aliphatic rings. The van der Waals surface area contributed by atoms with Crippen LogP contribution in [-0.2, 0) is 0 Å². The summed E-state index contributed by atoms with van der Waals surface area (Å²) in [6.45, 7) is 4.52. The Morgan fingerprint density at radius 2 is 2.10 bits per heavy atom. The minimum absolute atomic E-state index is 0.158. The molecular weight excluding hydrogens is 256 g/mol. The Labute approximate surface area is 117 Å². The lowest BCUT2D eigenvalue weighted by Crippen LogP contribution is -2.43. The topological polar surface area (TPSA) is 84.2 Å². The Kier molecular flexibility index (Phi) is 3.67. The first-order valence-corrected chi connectivity index (χ1v) is 6.39. The van der Waals surface area contributed by atoms with E-state index in [1.165, 1.54) is 0 Å². The van der Waals surface area contributed by atoms with Crippen LogP contribution in [0.1, 0.15) is 13.8 Å². The van der Waals surface area contributed by atoms with E-state index in [0.717, 1.165) is 0 Å². The molecule has 20 heavy (non-hydrogen) atoms. The molecular formula is C14H20N4O2. The highest BCUT2D eigenvalue weighted by Crippen LogP contribution is 2.15. The molecule has 2 rings (SSSR count). The fourth-order valence-corrected chi connectivity index (χ4v) is 1.58. The number of hydrogen-bond acceptors (Lipinski definition) is 5. The number of aromatic amines is 1.